The number of nitrogens with one attached hydrogen (secondary N) is 1. The van der Waals surface area contributed by atoms with Gasteiger partial charge in [0.25, 0.3) is 0 Å². The lowest BCUT2D eigenvalue weighted by Crippen LogP contribution is -2.58. The Morgan fingerprint density at radius 1 is 1.50 bits per heavy atom. The third-order valence-corrected chi connectivity index (χ3v) is 4.65. The highest BCUT2D eigenvalue weighted by atomic mass is 32.2. The molecule has 0 aliphatic carbocycles. The lowest BCUT2D eigenvalue weighted by Gasteiger charge is -2.43. The van der Waals surface area contributed by atoms with Gasteiger partial charge in [-0.1, -0.05) is 18.7 Å². The first-order chi connectivity index (χ1) is 10.5. The van der Waals surface area contributed by atoms with Crippen LogP contribution >= 0.6 is 11.8 Å². The molecular formula is C14H18N2O5S. The van der Waals surface area contributed by atoms with Crippen molar-refractivity contribution >= 4 is 29.5 Å². The summed E-state index contributed by atoms with van der Waals surface area (Å²) in [5.74, 6) is -1.80. The summed E-state index contributed by atoms with van der Waals surface area (Å²) < 4.78 is 0. The number of carbonyl (C=O) groups is 3. The SMILES string of the molecule is CCC(=O)NC=CSC1=C(C(=O)O)N2C(=O)C(CCO)C2C1. The second-order valence-electron chi connectivity index (χ2n) is 5.02. The first kappa shape index (κ1) is 16.6. The van der Waals surface area contributed by atoms with Crippen LogP contribution in [0.1, 0.15) is 26.2 Å². The summed E-state index contributed by atoms with van der Waals surface area (Å²) in [6.07, 6.45) is 2.65. The molecule has 0 aromatic carbocycles. The van der Waals surface area contributed by atoms with E-state index in [0.717, 1.165) is 0 Å². The van der Waals surface area contributed by atoms with E-state index in [-0.39, 0.29) is 36.1 Å². The molecule has 1 fully saturated rings. The summed E-state index contributed by atoms with van der Waals surface area (Å²) >= 11 is 1.19. The fourth-order valence-electron chi connectivity index (χ4n) is 2.66. The maximum atomic E-state index is 12.0. The summed E-state index contributed by atoms with van der Waals surface area (Å²) in [6, 6.07) is -0.174. The highest BCUT2D eigenvalue weighted by Crippen LogP contribution is 2.47. The average molecular weight is 326 g/mol. The number of carboxylic acids is 1. The van der Waals surface area contributed by atoms with Gasteiger partial charge in [-0.15, -0.1) is 0 Å². The fourth-order valence-corrected chi connectivity index (χ4v) is 3.53. The van der Waals surface area contributed by atoms with Gasteiger partial charge in [0.15, 0.2) is 0 Å². The standard InChI is InChI=1S/C14H18N2O5S/c1-2-11(18)15-4-6-22-10-7-9-8(3-5-17)13(19)16(9)12(10)14(20)21/h4,6,8-9,17H,2-3,5,7H2,1H3,(H,15,18)(H,20,21). The van der Waals surface area contributed by atoms with E-state index in [1.54, 1.807) is 12.3 Å². The molecule has 0 bridgehead atoms. The number of amides is 2. The number of thioether (sulfide) groups is 1. The highest BCUT2D eigenvalue weighted by Gasteiger charge is 2.54. The van der Waals surface area contributed by atoms with E-state index in [9.17, 15) is 19.5 Å². The van der Waals surface area contributed by atoms with Crippen LogP contribution in [0.3, 0.4) is 0 Å². The van der Waals surface area contributed by atoms with Gasteiger partial charge < -0.3 is 20.4 Å². The quantitative estimate of drug-likeness (QED) is 0.592. The summed E-state index contributed by atoms with van der Waals surface area (Å²) in [5.41, 5.74) is 0.0145. The van der Waals surface area contributed by atoms with Crippen molar-refractivity contribution in [3.8, 4) is 0 Å². The Balaban J connectivity index is 2.05. The van der Waals surface area contributed by atoms with Crippen molar-refractivity contribution in [2.75, 3.05) is 6.61 Å². The van der Waals surface area contributed by atoms with Crippen LogP contribution in [0.5, 0.6) is 0 Å². The topological polar surface area (TPSA) is 107 Å². The third kappa shape index (κ3) is 3.02. The number of rotatable bonds is 7. The smallest absolute Gasteiger partial charge is 0.353 e. The minimum absolute atomic E-state index is 0.0145. The van der Waals surface area contributed by atoms with Crippen LogP contribution in [0.25, 0.3) is 0 Å². The number of fused-ring (bicyclic) bond motifs is 1. The number of aliphatic hydroxyl groups excluding tert-OH is 1. The summed E-state index contributed by atoms with van der Waals surface area (Å²) in [6.45, 7) is 1.64. The van der Waals surface area contributed by atoms with Gasteiger partial charge in [-0.25, -0.2) is 4.79 Å². The number of aliphatic carboxylic acids is 1. The first-order valence-corrected chi connectivity index (χ1v) is 7.90. The molecule has 2 heterocycles. The molecule has 3 N–H and O–H groups in total. The van der Waals surface area contributed by atoms with Gasteiger partial charge in [0, 0.05) is 30.6 Å². The zero-order valence-electron chi connectivity index (χ0n) is 12.1. The number of β-lactam (4-membered cyclic amide) rings is 1. The Hall–Kier alpha value is -1.80. The minimum Gasteiger partial charge on any atom is -0.477 e. The maximum absolute atomic E-state index is 12.0. The van der Waals surface area contributed by atoms with E-state index in [0.29, 0.717) is 24.2 Å². The minimum atomic E-state index is -1.13. The molecular weight excluding hydrogens is 308 g/mol. The van der Waals surface area contributed by atoms with Crippen molar-refractivity contribution in [3.63, 3.8) is 0 Å². The van der Waals surface area contributed by atoms with Crippen molar-refractivity contribution in [2.24, 2.45) is 5.92 Å². The van der Waals surface area contributed by atoms with Crippen LogP contribution in [-0.2, 0) is 14.4 Å². The lowest BCUT2D eigenvalue weighted by atomic mass is 9.85. The molecule has 0 aromatic heterocycles. The number of hydrogen-bond acceptors (Lipinski definition) is 5. The zero-order chi connectivity index (χ0) is 16.3. The Bertz CT molecular complexity index is 557. The van der Waals surface area contributed by atoms with E-state index < -0.39 is 5.97 Å². The van der Waals surface area contributed by atoms with Crippen molar-refractivity contribution < 1.29 is 24.6 Å². The van der Waals surface area contributed by atoms with Gasteiger partial charge in [-0.3, -0.25) is 9.59 Å². The zero-order valence-corrected chi connectivity index (χ0v) is 12.9. The highest BCUT2D eigenvalue weighted by molar-refractivity contribution is 8.05. The molecule has 120 valence electrons. The molecule has 0 radical (unpaired) electrons. The van der Waals surface area contributed by atoms with E-state index in [4.69, 9.17) is 5.11 Å². The maximum Gasteiger partial charge on any atom is 0.353 e. The molecule has 2 aliphatic heterocycles. The largest absolute Gasteiger partial charge is 0.477 e. The van der Waals surface area contributed by atoms with Gasteiger partial charge in [-0.2, -0.15) is 0 Å². The normalized spacial score (nSPS) is 23.7. The van der Waals surface area contributed by atoms with E-state index in [2.05, 4.69) is 5.32 Å². The molecule has 1 saturated heterocycles. The van der Waals surface area contributed by atoms with Gasteiger partial charge in [-0.05, 0) is 11.8 Å². The molecule has 2 atom stereocenters. The van der Waals surface area contributed by atoms with Crippen LogP contribution in [0, 0.1) is 5.92 Å². The fraction of sp³-hybridized carbons (Fsp3) is 0.500. The molecule has 2 aliphatic rings. The lowest BCUT2D eigenvalue weighted by molar-refractivity contribution is -0.155. The number of aliphatic hydroxyl groups is 1. The monoisotopic (exact) mass is 326 g/mol. The summed E-state index contributed by atoms with van der Waals surface area (Å²) in [7, 11) is 0. The van der Waals surface area contributed by atoms with Gasteiger partial charge in [0.1, 0.15) is 5.70 Å². The molecule has 2 unspecified atom stereocenters. The van der Waals surface area contributed by atoms with Crippen LogP contribution in [0.15, 0.2) is 22.2 Å². The molecule has 2 rings (SSSR count). The van der Waals surface area contributed by atoms with Gasteiger partial charge in [0.2, 0.25) is 11.8 Å². The Labute approximate surface area is 132 Å². The van der Waals surface area contributed by atoms with Crippen molar-refractivity contribution in [2.45, 2.75) is 32.2 Å². The van der Waals surface area contributed by atoms with Gasteiger partial charge >= 0.3 is 5.97 Å². The predicted octanol–water partition coefficient (Wildman–Crippen LogP) is 0.626. The van der Waals surface area contributed by atoms with Crippen molar-refractivity contribution in [1.82, 2.24) is 10.2 Å². The third-order valence-electron chi connectivity index (χ3n) is 3.74. The predicted molar refractivity (Wildman–Crippen MR) is 80.3 cm³/mol. The van der Waals surface area contributed by atoms with Crippen molar-refractivity contribution in [1.29, 1.82) is 0 Å². The second-order valence-corrected chi connectivity index (χ2v) is 6.02. The second kappa shape index (κ2) is 6.97. The molecule has 8 heteroatoms. The molecule has 2 amide bonds. The Morgan fingerprint density at radius 3 is 2.82 bits per heavy atom. The number of carboxylic acid groups (broad SMARTS) is 1. The van der Waals surface area contributed by atoms with E-state index in [1.165, 1.54) is 22.9 Å². The molecule has 0 spiro atoms. The van der Waals surface area contributed by atoms with Crippen LogP contribution in [0.4, 0.5) is 0 Å². The van der Waals surface area contributed by atoms with Crippen LogP contribution < -0.4 is 5.32 Å². The number of nitrogens with zero attached hydrogens (tertiary/aromatic N) is 1. The average Bonchev–Trinajstić information content (AvgIpc) is 2.84. The van der Waals surface area contributed by atoms with E-state index >= 15 is 0 Å². The number of carbonyl (C=O) groups excluding carboxylic acids is 2. The molecule has 22 heavy (non-hydrogen) atoms. The summed E-state index contributed by atoms with van der Waals surface area (Å²) in [4.78, 5) is 36.4. The Kier molecular flexibility index (Phi) is 5.25. The van der Waals surface area contributed by atoms with Crippen LogP contribution in [0.2, 0.25) is 0 Å². The molecule has 0 saturated carbocycles. The van der Waals surface area contributed by atoms with Crippen LogP contribution in [-0.4, -0.2) is 45.5 Å². The molecule has 7 nitrogen and oxygen atoms in total. The molecule has 0 aromatic rings. The van der Waals surface area contributed by atoms with E-state index in [1.807, 2.05) is 0 Å². The van der Waals surface area contributed by atoms with Crippen molar-refractivity contribution in [3.05, 3.63) is 22.2 Å². The Morgan fingerprint density at radius 2 is 2.23 bits per heavy atom. The first-order valence-electron chi connectivity index (χ1n) is 7.02. The van der Waals surface area contributed by atoms with Gasteiger partial charge in [0.05, 0.1) is 12.0 Å². The summed E-state index contributed by atoms with van der Waals surface area (Å²) in [5, 5.41) is 22.4. The number of hydrogen-bond donors (Lipinski definition) is 3.